The van der Waals surface area contributed by atoms with Crippen LogP contribution in [0.3, 0.4) is 0 Å². The van der Waals surface area contributed by atoms with Gasteiger partial charge in [-0.1, -0.05) is 97.1 Å². The predicted molar refractivity (Wildman–Crippen MR) is 419 cm³/mol. The summed E-state index contributed by atoms with van der Waals surface area (Å²) in [6, 6.07) is 61.5. The first-order valence-electron chi connectivity index (χ1n) is 36.2. The number of aryl methyl sites for hydroxylation is 6. The van der Waals surface area contributed by atoms with Crippen LogP contribution in [0.4, 0.5) is 22.0 Å². The van der Waals surface area contributed by atoms with Gasteiger partial charge in [0, 0.05) is 149 Å². The number of ether oxygens (including phenoxy) is 1. The van der Waals surface area contributed by atoms with Gasteiger partial charge in [-0.25, -0.2) is 10.1 Å². The van der Waals surface area contributed by atoms with Crippen molar-refractivity contribution in [2.24, 2.45) is 0 Å². The van der Waals surface area contributed by atoms with E-state index in [4.69, 9.17) is 4.74 Å². The van der Waals surface area contributed by atoms with Crippen LogP contribution in [0.2, 0.25) is 0 Å². The Bertz CT molecular complexity index is 6250. The molecule has 0 bridgehead atoms. The Kier molecular flexibility index (Phi) is 20.4. The predicted octanol–water partition coefficient (Wildman–Crippen LogP) is 19.1. The van der Waals surface area contributed by atoms with E-state index in [0.29, 0.717) is 117 Å². The average molecular weight is 1440 g/mol. The monoisotopic (exact) mass is 1440 g/mol. The van der Waals surface area contributed by atoms with Gasteiger partial charge in [0.15, 0.2) is 12.4 Å². The normalized spacial score (nSPS) is 12.7. The van der Waals surface area contributed by atoms with Crippen LogP contribution >= 0.6 is 0 Å². The molecule has 1 aliphatic carbocycles. The van der Waals surface area contributed by atoms with Gasteiger partial charge in [0.1, 0.15) is 11.5 Å². The fraction of sp³-hybridized carbons (Fsp3) is 0.230. The lowest BCUT2D eigenvalue weighted by Crippen LogP contribution is -2.13. The fourth-order valence-corrected chi connectivity index (χ4v) is 15.9. The van der Waals surface area contributed by atoms with Crippen LogP contribution < -0.4 is 15.9 Å². The molecule has 0 saturated carbocycles. The largest absolute Gasteiger partial charge is 0.484 e. The van der Waals surface area contributed by atoms with Gasteiger partial charge in [-0.15, -0.1) is 0 Å². The van der Waals surface area contributed by atoms with E-state index in [-0.39, 0.29) is 62.7 Å². The number of carbonyl (C=O) groups is 3. The van der Waals surface area contributed by atoms with E-state index >= 15 is 0 Å². The first-order valence-corrected chi connectivity index (χ1v) is 36.2. The number of alkyl halides is 5. The summed E-state index contributed by atoms with van der Waals surface area (Å²) in [5.74, 6) is 1.08. The van der Waals surface area contributed by atoms with Crippen LogP contribution in [0, 0.1) is 0 Å². The van der Waals surface area contributed by atoms with Crippen molar-refractivity contribution >= 4 is 148 Å². The molecule has 15 nitrogen and oxygen atoms in total. The summed E-state index contributed by atoms with van der Waals surface area (Å²) in [4.78, 5) is 66.0. The highest BCUT2D eigenvalue weighted by molar-refractivity contribution is 6.22. The van der Waals surface area contributed by atoms with E-state index in [1.54, 1.807) is 19.2 Å². The fourth-order valence-electron chi connectivity index (χ4n) is 15.9. The van der Waals surface area contributed by atoms with Crippen molar-refractivity contribution in [1.82, 2.24) is 43.0 Å². The number of aromatic amines is 2. The third-order valence-electron chi connectivity index (χ3n) is 20.6. The molecule has 20 heteroatoms. The van der Waals surface area contributed by atoms with Crippen molar-refractivity contribution in [1.29, 1.82) is 0 Å². The third-order valence-corrected chi connectivity index (χ3v) is 20.6. The van der Waals surface area contributed by atoms with Gasteiger partial charge < -0.3 is 32.6 Å². The molecule has 0 amide bonds. The summed E-state index contributed by atoms with van der Waals surface area (Å²) in [6.45, 7) is 3.22. The second kappa shape index (κ2) is 30.9. The van der Waals surface area contributed by atoms with Crippen molar-refractivity contribution < 1.29 is 41.1 Å². The molecule has 0 unspecified atom stereocenters. The van der Waals surface area contributed by atoms with Gasteiger partial charge in [-0.3, -0.25) is 45.9 Å². The average Bonchev–Trinajstić information content (AvgIpc) is 1.62. The van der Waals surface area contributed by atoms with Crippen molar-refractivity contribution in [3.05, 3.63) is 244 Å². The molecule has 8 heterocycles. The molecule has 107 heavy (non-hydrogen) atoms. The molecule has 2 N–H and O–H groups in total. The topological polar surface area (TPSA) is 177 Å². The van der Waals surface area contributed by atoms with Gasteiger partial charge >= 0.3 is 0 Å². The molecule has 0 radical (unpaired) electrons. The number of H-pyrrole nitrogens is 2. The summed E-state index contributed by atoms with van der Waals surface area (Å²) < 4.78 is 79.3. The van der Waals surface area contributed by atoms with E-state index < -0.39 is 0 Å². The Hall–Kier alpha value is -12.1. The summed E-state index contributed by atoms with van der Waals surface area (Å²) in [5.41, 5.74) is 14.8. The molecular weight excluding hydrogens is 1360 g/mol. The maximum atomic E-state index is 12.7. The van der Waals surface area contributed by atoms with Crippen LogP contribution in [0.5, 0.6) is 5.75 Å². The second-order valence-corrected chi connectivity index (χ2v) is 26.9. The molecule has 540 valence electrons. The highest BCUT2D eigenvalue weighted by Crippen LogP contribution is 2.42. The number of hydrogen-bond donors (Lipinski definition) is 2. The highest BCUT2D eigenvalue weighted by atomic mass is 19.1. The van der Waals surface area contributed by atoms with Gasteiger partial charge in [-0.05, 0) is 148 Å². The number of fused-ring (bicyclic) bond motifs is 23. The van der Waals surface area contributed by atoms with E-state index in [0.717, 1.165) is 110 Å². The Morgan fingerprint density at radius 2 is 0.869 bits per heavy atom. The Balaban J connectivity index is 0.000000107. The Morgan fingerprint density at radius 3 is 1.43 bits per heavy atom. The zero-order valence-corrected chi connectivity index (χ0v) is 59.0. The number of nitrogens with zero attached hydrogens (tertiary/aromatic N) is 7. The van der Waals surface area contributed by atoms with E-state index in [2.05, 4.69) is 73.3 Å². The van der Waals surface area contributed by atoms with Crippen LogP contribution in [0.1, 0.15) is 77.3 Å². The van der Waals surface area contributed by atoms with E-state index in [1.165, 1.54) is 28.2 Å². The zero-order chi connectivity index (χ0) is 73.8. The summed E-state index contributed by atoms with van der Waals surface area (Å²) in [6.07, 6.45) is 7.57. The van der Waals surface area contributed by atoms with Crippen LogP contribution in [0.25, 0.3) is 131 Å². The summed E-state index contributed by atoms with van der Waals surface area (Å²) in [5, 5.41) is 19.2. The lowest BCUT2D eigenvalue weighted by atomic mass is 9.88. The minimum Gasteiger partial charge on any atom is -0.484 e. The molecule has 0 atom stereocenters. The number of halogens is 5. The molecule has 17 aromatic rings. The molecule has 0 spiro atoms. The number of carbonyl (C=O) groups excluding carboxylic acids is 3. The SMILES string of the molecule is CC(=O)c1ccc2c(c1)c1ccccc1n2CCCF.O=C1CCc2c(ccc3c2c2ccccc2n3CCCF)C1.O=C1COc2c1ccc1c2c2ccccc2n1CCCF.O=c1[nH]cnc2c1ccc1c2c2ccccc2n1CCCF.O=c1[nH]ncc2c1ccc1c2c2ccccc2n1CCCF. The van der Waals surface area contributed by atoms with Crippen molar-refractivity contribution in [3.63, 3.8) is 0 Å². The summed E-state index contributed by atoms with van der Waals surface area (Å²) in [7, 11) is 0. The van der Waals surface area contributed by atoms with Gasteiger partial charge in [-0.2, -0.15) is 5.10 Å². The van der Waals surface area contributed by atoms with Gasteiger partial charge in [0.05, 0.1) is 84.2 Å². The molecule has 0 saturated heterocycles. The van der Waals surface area contributed by atoms with Gasteiger partial charge in [0.25, 0.3) is 11.1 Å². The number of rotatable bonds is 16. The number of hydrogen-bond acceptors (Lipinski definition) is 8. The second-order valence-electron chi connectivity index (χ2n) is 26.9. The summed E-state index contributed by atoms with van der Waals surface area (Å²) >= 11 is 0. The molecule has 2 aliphatic rings. The first kappa shape index (κ1) is 70.6. The quantitative estimate of drug-likeness (QED) is 0.0709. The Labute approximate surface area is 609 Å². The zero-order valence-electron chi connectivity index (χ0n) is 59.0. The number of ketones is 3. The standard InChI is InChI=1S/C19H18FNO.2C17H14FN3O.C17H14FNO2.C17H16FNO/c20-10-3-11-21-17-5-2-1-4-16(17)19-15-8-7-14(22)12-13(15)6-9-18(19)21;18-8-3-9-21-14-5-2-1-4-12(14)16-13-10-19-20-17(22)11(13)6-7-15(16)21;18-8-3-9-21-13-5-2-1-4-11(13)15-14(21)7-6-12-16(15)19-10-20-17(12)22;18-8-3-9-19-13-5-2-1-4-11(13)16-14(19)7-6-12-15(20)10-21-17(12)16;1-12(20)13-7-8-17-15(11-13)14-5-2-3-6-16(14)19(17)10-4-9-18/h1-2,4-6,9H,3,7-8,10-12H2;1-2,4-7,10H,3,8-9H2,(H,20,22);1-2,4-7,10H,3,8-9H2,(H,19,20,22);1-2,4-7H,3,8-10H2;2-3,5-8,11H,4,9-10H2,1H3. The number of para-hydroxylation sites is 5. The van der Waals surface area contributed by atoms with E-state index in [1.807, 2.05) is 152 Å². The maximum Gasteiger partial charge on any atom is 0.272 e. The third kappa shape index (κ3) is 13.1. The molecule has 10 aromatic carbocycles. The first-order chi connectivity index (χ1) is 52.4. The lowest BCUT2D eigenvalue weighted by Gasteiger charge is -2.16. The number of benzene rings is 10. The van der Waals surface area contributed by atoms with Crippen molar-refractivity contribution in [3.8, 4) is 5.75 Å². The van der Waals surface area contributed by atoms with Crippen molar-refractivity contribution in [2.75, 3.05) is 40.0 Å². The van der Waals surface area contributed by atoms with Crippen LogP contribution in [-0.4, -0.2) is 100 Å². The molecule has 1 aliphatic heterocycles. The lowest BCUT2D eigenvalue weighted by molar-refractivity contribution is -0.118. The van der Waals surface area contributed by atoms with E-state index in [9.17, 15) is 45.9 Å². The minimum atomic E-state index is -0.348. The molecule has 19 rings (SSSR count). The highest BCUT2D eigenvalue weighted by Gasteiger charge is 2.27. The number of Topliss-reactive ketones (excluding diaryl/α,β-unsaturated/α-hetero) is 3. The Morgan fingerprint density at radius 1 is 0.430 bits per heavy atom. The minimum absolute atomic E-state index is 0.0208. The van der Waals surface area contributed by atoms with Crippen LogP contribution in [0.15, 0.2) is 210 Å². The number of nitrogens with one attached hydrogen (secondary N) is 2. The number of aromatic nitrogens is 9. The smallest absolute Gasteiger partial charge is 0.272 e. The molecular formula is C87H76F5N9O6. The molecule has 0 fully saturated rings. The van der Waals surface area contributed by atoms with Gasteiger partial charge in [0.2, 0.25) is 5.78 Å². The maximum absolute atomic E-state index is 12.7. The van der Waals surface area contributed by atoms with Crippen molar-refractivity contribution in [2.45, 2.75) is 91.0 Å². The van der Waals surface area contributed by atoms with Crippen LogP contribution in [-0.2, 0) is 50.4 Å². The molecule has 7 aromatic heterocycles.